The van der Waals surface area contributed by atoms with Gasteiger partial charge in [-0.2, -0.15) is 0 Å². The van der Waals surface area contributed by atoms with E-state index in [1.54, 1.807) is 12.4 Å². The van der Waals surface area contributed by atoms with E-state index in [9.17, 15) is 4.79 Å². The van der Waals surface area contributed by atoms with Gasteiger partial charge in [0, 0.05) is 40.3 Å². The van der Waals surface area contributed by atoms with E-state index < -0.39 is 0 Å². The lowest BCUT2D eigenvalue weighted by molar-refractivity contribution is 0.102. The highest BCUT2D eigenvalue weighted by atomic mass is 16.1. The van der Waals surface area contributed by atoms with Crippen LogP contribution in [-0.4, -0.2) is 20.9 Å². The lowest BCUT2D eigenvalue weighted by Crippen LogP contribution is -2.12. The number of rotatable bonds is 5. The standard InChI is InChI=1S/C28H23N5O/c1-18-7-5-9-22(15-18)30-28(34)20-13-12-19(2)25(16-20)32-27-23-10-3-4-11-24(23)31-26(33-27)21-8-6-14-29-17-21/h3-17H,1-2H3,(H,30,34)(H,31,32,33). The van der Waals surface area contributed by atoms with E-state index in [1.165, 1.54) is 0 Å². The number of fused-ring (bicyclic) bond motifs is 1. The zero-order valence-electron chi connectivity index (χ0n) is 18.9. The van der Waals surface area contributed by atoms with Crippen molar-refractivity contribution in [3.63, 3.8) is 0 Å². The van der Waals surface area contributed by atoms with E-state index in [4.69, 9.17) is 9.97 Å². The van der Waals surface area contributed by atoms with Crippen molar-refractivity contribution in [1.29, 1.82) is 0 Å². The third-order valence-electron chi connectivity index (χ3n) is 5.55. The zero-order chi connectivity index (χ0) is 23.5. The van der Waals surface area contributed by atoms with Crippen LogP contribution < -0.4 is 10.6 Å². The van der Waals surface area contributed by atoms with Crippen LogP contribution in [0.25, 0.3) is 22.3 Å². The van der Waals surface area contributed by atoms with Crippen LogP contribution in [0.1, 0.15) is 21.5 Å². The number of nitrogens with zero attached hydrogens (tertiary/aromatic N) is 3. The van der Waals surface area contributed by atoms with Crippen molar-refractivity contribution in [3.05, 3.63) is 108 Å². The largest absolute Gasteiger partial charge is 0.339 e. The van der Waals surface area contributed by atoms with Gasteiger partial charge in [-0.05, 0) is 73.5 Å². The summed E-state index contributed by atoms with van der Waals surface area (Å²) in [6.45, 7) is 3.99. The second-order valence-corrected chi connectivity index (χ2v) is 8.13. The predicted octanol–water partition coefficient (Wildman–Crippen LogP) is 6.30. The quantitative estimate of drug-likeness (QED) is 0.332. The molecule has 0 fully saturated rings. The fourth-order valence-electron chi connectivity index (χ4n) is 3.75. The minimum Gasteiger partial charge on any atom is -0.339 e. The molecule has 0 aliphatic rings. The first-order valence-corrected chi connectivity index (χ1v) is 11.0. The number of carbonyl (C=O) groups is 1. The van der Waals surface area contributed by atoms with Gasteiger partial charge in [0.15, 0.2) is 5.82 Å². The summed E-state index contributed by atoms with van der Waals surface area (Å²) < 4.78 is 0. The molecule has 6 heteroatoms. The van der Waals surface area contributed by atoms with Crippen LogP contribution in [0.15, 0.2) is 91.3 Å². The van der Waals surface area contributed by atoms with Gasteiger partial charge in [0.05, 0.1) is 5.52 Å². The van der Waals surface area contributed by atoms with E-state index >= 15 is 0 Å². The first-order valence-electron chi connectivity index (χ1n) is 11.0. The molecule has 2 N–H and O–H groups in total. The maximum atomic E-state index is 12.9. The number of benzene rings is 3. The Morgan fingerprint density at radius 1 is 0.853 bits per heavy atom. The molecule has 0 aliphatic carbocycles. The van der Waals surface area contributed by atoms with Crippen LogP contribution in [-0.2, 0) is 0 Å². The number of para-hydroxylation sites is 1. The molecule has 0 radical (unpaired) electrons. The number of nitrogens with one attached hydrogen (secondary N) is 2. The predicted molar refractivity (Wildman–Crippen MR) is 136 cm³/mol. The SMILES string of the molecule is Cc1cccc(NC(=O)c2ccc(C)c(Nc3nc(-c4cccnc4)nc4ccccc34)c2)c1. The van der Waals surface area contributed by atoms with Gasteiger partial charge in [-0.25, -0.2) is 9.97 Å². The van der Waals surface area contributed by atoms with Crippen LogP contribution in [0.5, 0.6) is 0 Å². The average molecular weight is 446 g/mol. The van der Waals surface area contributed by atoms with Gasteiger partial charge < -0.3 is 10.6 Å². The van der Waals surface area contributed by atoms with Gasteiger partial charge >= 0.3 is 0 Å². The summed E-state index contributed by atoms with van der Waals surface area (Å²) in [6, 6.07) is 25.0. The van der Waals surface area contributed by atoms with Gasteiger partial charge in [0.1, 0.15) is 5.82 Å². The number of aryl methyl sites for hydroxylation is 2. The Bertz CT molecular complexity index is 1500. The first-order chi connectivity index (χ1) is 16.6. The van der Waals surface area contributed by atoms with E-state index in [-0.39, 0.29) is 5.91 Å². The number of aromatic nitrogens is 3. The number of carbonyl (C=O) groups excluding carboxylic acids is 1. The molecule has 166 valence electrons. The van der Waals surface area contributed by atoms with Crippen molar-refractivity contribution in [3.8, 4) is 11.4 Å². The summed E-state index contributed by atoms with van der Waals surface area (Å²) in [5.41, 5.74) is 5.87. The lowest BCUT2D eigenvalue weighted by Gasteiger charge is -2.14. The molecule has 0 unspecified atom stereocenters. The van der Waals surface area contributed by atoms with Crippen molar-refractivity contribution in [2.45, 2.75) is 13.8 Å². The Hall–Kier alpha value is -4.58. The summed E-state index contributed by atoms with van der Waals surface area (Å²) in [5.74, 6) is 1.08. The fraction of sp³-hybridized carbons (Fsp3) is 0.0714. The highest BCUT2D eigenvalue weighted by molar-refractivity contribution is 6.05. The zero-order valence-corrected chi connectivity index (χ0v) is 18.9. The molecule has 0 aliphatic heterocycles. The molecule has 5 aromatic rings. The van der Waals surface area contributed by atoms with Crippen molar-refractivity contribution >= 4 is 34.0 Å². The molecular weight excluding hydrogens is 422 g/mol. The van der Waals surface area contributed by atoms with Crippen LogP contribution >= 0.6 is 0 Å². The normalized spacial score (nSPS) is 10.8. The van der Waals surface area contributed by atoms with Crippen LogP contribution in [0.4, 0.5) is 17.2 Å². The fourth-order valence-corrected chi connectivity index (χ4v) is 3.75. The van der Waals surface area contributed by atoms with Crippen molar-refractivity contribution in [2.75, 3.05) is 10.6 Å². The number of hydrogen-bond acceptors (Lipinski definition) is 5. The minimum absolute atomic E-state index is 0.169. The van der Waals surface area contributed by atoms with Crippen molar-refractivity contribution in [1.82, 2.24) is 15.0 Å². The van der Waals surface area contributed by atoms with Crippen LogP contribution in [0.2, 0.25) is 0 Å². The maximum Gasteiger partial charge on any atom is 0.255 e. The van der Waals surface area contributed by atoms with E-state index in [2.05, 4.69) is 15.6 Å². The highest BCUT2D eigenvalue weighted by Crippen LogP contribution is 2.29. The number of anilines is 3. The number of amides is 1. The Morgan fingerprint density at radius 3 is 2.56 bits per heavy atom. The minimum atomic E-state index is -0.169. The molecule has 0 saturated carbocycles. The second-order valence-electron chi connectivity index (χ2n) is 8.13. The molecule has 0 saturated heterocycles. The summed E-state index contributed by atoms with van der Waals surface area (Å²) in [6.07, 6.45) is 3.47. The molecule has 0 bridgehead atoms. The summed E-state index contributed by atoms with van der Waals surface area (Å²) in [7, 11) is 0. The Kier molecular flexibility index (Phi) is 5.70. The Morgan fingerprint density at radius 2 is 1.74 bits per heavy atom. The molecule has 0 atom stereocenters. The van der Waals surface area contributed by atoms with E-state index in [0.29, 0.717) is 17.2 Å². The van der Waals surface area contributed by atoms with Gasteiger partial charge in [0.2, 0.25) is 0 Å². The lowest BCUT2D eigenvalue weighted by atomic mass is 10.1. The molecule has 3 aromatic carbocycles. The molecule has 2 aromatic heterocycles. The second kappa shape index (κ2) is 9.11. The number of hydrogen-bond donors (Lipinski definition) is 2. The van der Waals surface area contributed by atoms with Gasteiger partial charge in [0.25, 0.3) is 5.91 Å². The monoisotopic (exact) mass is 445 g/mol. The smallest absolute Gasteiger partial charge is 0.255 e. The van der Waals surface area contributed by atoms with E-state index in [0.717, 1.165) is 39.0 Å². The molecule has 5 rings (SSSR count). The Balaban J connectivity index is 1.51. The van der Waals surface area contributed by atoms with Gasteiger partial charge in [-0.15, -0.1) is 0 Å². The van der Waals surface area contributed by atoms with Crippen LogP contribution in [0.3, 0.4) is 0 Å². The van der Waals surface area contributed by atoms with Crippen molar-refractivity contribution < 1.29 is 4.79 Å². The molecule has 6 nitrogen and oxygen atoms in total. The summed E-state index contributed by atoms with van der Waals surface area (Å²) in [4.78, 5) is 26.6. The number of pyridine rings is 1. The maximum absolute atomic E-state index is 12.9. The molecule has 1 amide bonds. The highest BCUT2D eigenvalue weighted by Gasteiger charge is 2.13. The summed E-state index contributed by atoms with van der Waals surface area (Å²) >= 11 is 0. The molecular formula is C28H23N5O. The molecule has 0 spiro atoms. The van der Waals surface area contributed by atoms with Crippen molar-refractivity contribution in [2.24, 2.45) is 0 Å². The molecule has 2 heterocycles. The van der Waals surface area contributed by atoms with E-state index in [1.807, 2.05) is 92.7 Å². The van der Waals surface area contributed by atoms with Gasteiger partial charge in [-0.3, -0.25) is 9.78 Å². The topological polar surface area (TPSA) is 79.8 Å². The first kappa shape index (κ1) is 21.3. The summed E-state index contributed by atoms with van der Waals surface area (Å²) in [5, 5.41) is 7.31. The third kappa shape index (κ3) is 4.47. The van der Waals surface area contributed by atoms with Gasteiger partial charge in [-0.1, -0.05) is 30.3 Å². The Labute approximate surface area is 197 Å². The van der Waals surface area contributed by atoms with Crippen LogP contribution in [0, 0.1) is 13.8 Å². The average Bonchev–Trinajstić information content (AvgIpc) is 2.86. The molecule has 34 heavy (non-hydrogen) atoms. The third-order valence-corrected chi connectivity index (χ3v) is 5.55.